The Morgan fingerprint density at radius 2 is 1.81 bits per heavy atom. The third kappa shape index (κ3) is 3.51. The lowest BCUT2D eigenvalue weighted by molar-refractivity contribution is 0.0696. The van der Waals surface area contributed by atoms with Crippen molar-refractivity contribution >= 4 is 40.8 Å². The van der Waals surface area contributed by atoms with Gasteiger partial charge in [-0.15, -0.1) is 0 Å². The normalized spacial score (nSPS) is 10.2. The van der Waals surface area contributed by atoms with E-state index < -0.39 is 17.7 Å². The van der Waals surface area contributed by atoms with E-state index in [4.69, 9.17) is 28.3 Å². The van der Waals surface area contributed by atoms with Crippen molar-refractivity contribution in [3.8, 4) is 0 Å². The minimum absolute atomic E-state index is 0.0888. The van der Waals surface area contributed by atoms with Crippen molar-refractivity contribution in [2.24, 2.45) is 0 Å². The first-order valence-electron chi connectivity index (χ1n) is 5.67. The van der Waals surface area contributed by atoms with Gasteiger partial charge in [-0.3, -0.25) is 4.79 Å². The van der Waals surface area contributed by atoms with Gasteiger partial charge in [0.15, 0.2) is 0 Å². The van der Waals surface area contributed by atoms with Crippen LogP contribution in [0, 0.1) is 5.82 Å². The number of carbonyl (C=O) groups excluding carboxylic acids is 1. The van der Waals surface area contributed by atoms with Gasteiger partial charge in [0.2, 0.25) is 0 Å². The molecule has 0 saturated carbocycles. The molecule has 7 heteroatoms. The summed E-state index contributed by atoms with van der Waals surface area (Å²) in [6.07, 6.45) is 0. The number of hydrogen-bond acceptors (Lipinski definition) is 2. The molecule has 0 aromatic heterocycles. The van der Waals surface area contributed by atoms with E-state index >= 15 is 0 Å². The summed E-state index contributed by atoms with van der Waals surface area (Å²) in [5.41, 5.74) is -0.279. The molecule has 0 heterocycles. The third-order valence-electron chi connectivity index (χ3n) is 2.64. The number of carbonyl (C=O) groups is 2. The van der Waals surface area contributed by atoms with Crippen LogP contribution in [0.1, 0.15) is 20.7 Å². The fraction of sp³-hybridized carbons (Fsp3) is 0. The van der Waals surface area contributed by atoms with E-state index in [1.165, 1.54) is 24.3 Å². The molecule has 0 fully saturated rings. The number of carboxylic acid groups (broad SMARTS) is 1. The van der Waals surface area contributed by atoms with Gasteiger partial charge in [-0.25, -0.2) is 9.18 Å². The number of nitrogens with one attached hydrogen (secondary N) is 1. The summed E-state index contributed by atoms with van der Waals surface area (Å²) in [5, 5.41) is 11.5. The summed E-state index contributed by atoms with van der Waals surface area (Å²) < 4.78 is 13.7. The molecule has 0 aliphatic heterocycles. The molecule has 0 aliphatic rings. The monoisotopic (exact) mass is 327 g/mol. The van der Waals surface area contributed by atoms with Crippen LogP contribution in [0.3, 0.4) is 0 Å². The average molecular weight is 328 g/mol. The first-order valence-corrected chi connectivity index (χ1v) is 6.43. The van der Waals surface area contributed by atoms with Crippen LogP contribution >= 0.6 is 23.2 Å². The van der Waals surface area contributed by atoms with E-state index in [0.29, 0.717) is 5.02 Å². The Morgan fingerprint density at radius 3 is 2.43 bits per heavy atom. The van der Waals surface area contributed by atoms with Crippen molar-refractivity contribution in [2.75, 3.05) is 5.32 Å². The van der Waals surface area contributed by atoms with Crippen LogP contribution in [0.4, 0.5) is 10.1 Å². The predicted molar refractivity (Wildman–Crippen MR) is 77.8 cm³/mol. The van der Waals surface area contributed by atoms with Crippen LogP contribution in [0.5, 0.6) is 0 Å². The van der Waals surface area contributed by atoms with Gasteiger partial charge in [0.1, 0.15) is 5.82 Å². The maximum absolute atomic E-state index is 13.7. The van der Waals surface area contributed by atoms with Gasteiger partial charge in [0.05, 0.1) is 21.8 Å². The van der Waals surface area contributed by atoms with Crippen LogP contribution < -0.4 is 5.32 Å². The maximum Gasteiger partial charge on any atom is 0.335 e. The quantitative estimate of drug-likeness (QED) is 0.892. The van der Waals surface area contributed by atoms with Gasteiger partial charge >= 0.3 is 5.97 Å². The van der Waals surface area contributed by atoms with Gasteiger partial charge in [-0.2, -0.15) is 0 Å². The summed E-state index contributed by atoms with van der Waals surface area (Å²) >= 11 is 11.6. The van der Waals surface area contributed by atoms with Gasteiger partial charge in [-0.1, -0.05) is 23.2 Å². The van der Waals surface area contributed by atoms with Crippen LogP contribution in [0.25, 0.3) is 0 Å². The Morgan fingerprint density at radius 1 is 1.10 bits per heavy atom. The number of amides is 1. The minimum atomic E-state index is -1.26. The molecule has 108 valence electrons. The van der Waals surface area contributed by atoms with Crippen molar-refractivity contribution in [3.05, 3.63) is 63.4 Å². The summed E-state index contributed by atoms with van der Waals surface area (Å²) in [7, 11) is 0. The van der Waals surface area contributed by atoms with Gasteiger partial charge in [-0.05, 0) is 36.4 Å². The molecular formula is C14H8Cl2FNO3. The number of benzene rings is 2. The Bertz CT molecular complexity index is 734. The summed E-state index contributed by atoms with van der Waals surface area (Å²) in [4.78, 5) is 22.7. The lowest BCUT2D eigenvalue weighted by Gasteiger charge is -2.08. The second kappa shape index (κ2) is 6.11. The maximum atomic E-state index is 13.7. The molecule has 2 aromatic rings. The summed E-state index contributed by atoms with van der Waals surface area (Å²) in [6.45, 7) is 0. The number of anilines is 1. The molecule has 0 aliphatic carbocycles. The molecule has 0 atom stereocenters. The summed E-state index contributed by atoms with van der Waals surface area (Å²) in [6, 6.07) is 7.47. The molecule has 0 spiro atoms. The van der Waals surface area contributed by atoms with Crippen molar-refractivity contribution in [2.45, 2.75) is 0 Å². The van der Waals surface area contributed by atoms with E-state index in [9.17, 15) is 14.0 Å². The van der Waals surface area contributed by atoms with Gasteiger partial charge in [0.25, 0.3) is 5.91 Å². The Balaban J connectivity index is 2.27. The molecule has 0 radical (unpaired) electrons. The highest BCUT2D eigenvalue weighted by atomic mass is 35.5. The fourth-order valence-electron chi connectivity index (χ4n) is 1.61. The van der Waals surface area contributed by atoms with Crippen LogP contribution in [-0.2, 0) is 0 Å². The molecule has 0 unspecified atom stereocenters. The van der Waals surface area contributed by atoms with Crippen LogP contribution in [0.15, 0.2) is 36.4 Å². The lowest BCUT2D eigenvalue weighted by atomic mass is 10.1. The smallest absolute Gasteiger partial charge is 0.335 e. The Hall–Kier alpha value is -2.11. The Labute approximate surface area is 129 Å². The minimum Gasteiger partial charge on any atom is -0.478 e. The van der Waals surface area contributed by atoms with Crippen molar-refractivity contribution in [1.29, 1.82) is 0 Å². The van der Waals surface area contributed by atoms with Crippen molar-refractivity contribution in [1.82, 2.24) is 0 Å². The van der Waals surface area contributed by atoms with Crippen LogP contribution in [0.2, 0.25) is 10.0 Å². The van der Waals surface area contributed by atoms with Gasteiger partial charge < -0.3 is 10.4 Å². The molecule has 4 nitrogen and oxygen atoms in total. The zero-order chi connectivity index (χ0) is 15.6. The highest BCUT2D eigenvalue weighted by Gasteiger charge is 2.14. The van der Waals surface area contributed by atoms with Crippen LogP contribution in [-0.4, -0.2) is 17.0 Å². The van der Waals surface area contributed by atoms with Gasteiger partial charge in [0, 0.05) is 5.02 Å². The number of halogens is 3. The lowest BCUT2D eigenvalue weighted by Crippen LogP contribution is -2.14. The number of rotatable bonds is 3. The average Bonchev–Trinajstić information content (AvgIpc) is 2.43. The molecular weight excluding hydrogens is 320 g/mol. The first-order chi connectivity index (χ1) is 9.88. The van der Waals surface area contributed by atoms with Crippen molar-refractivity contribution in [3.63, 3.8) is 0 Å². The number of hydrogen-bond donors (Lipinski definition) is 2. The molecule has 1 amide bonds. The van der Waals surface area contributed by atoms with E-state index in [1.807, 2.05) is 0 Å². The second-order valence-corrected chi connectivity index (χ2v) is 4.92. The Kier molecular flexibility index (Phi) is 4.45. The topological polar surface area (TPSA) is 66.4 Å². The molecule has 2 N–H and O–H groups in total. The van der Waals surface area contributed by atoms with E-state index in [2.05, 4.69) is 5.32 Å². The second-order valence-electron chi connectivity index (χ2n) is 4.08. The van der Waals surface area contributed by atoms with E-state index in [1.54, 1.807) is 0 Å². The summed E-state index contributed by atoms with van der Waals surface area (Å²) in [5.74, 6) is -2.77. The predicted octanol–water partition coefficient (Wildman–Crippen LogP) is 4.08. The van der Waals surface area contributed by atoms with E-state index in [-0.39, 0.29) is 21.8 Å². The van der Waals surface area contributed by atoms with Crippen molar-refractivity contribution < 1.29 is 19.1 Å². The number of carboxylic acids is 1. The molecule has 2 rings (SSSR count). The molecule has 0 bridgehead atoms. The molecule has 2 aromatic carbocycles. The highest BCUT2D eigenvalue weighted by molar-refractivity contribution is 6.36. The first kappa shape index (κ1) is 15.3. The molecule has 21 heavy (non-hydrogen) atoms. The SMILES string of the molecule is O=C(O)c1ccc(NC(=O)c2cc(Cl)ccc2Cl)c(F)c1. The molecule has 0 saturated heterocycles. The van der Waals surface area contributed by atoms with E-state index in [0.717, 1.165) is 12.1 Å². The zero-order valence-electron chi connectivity index (χ0n) is 10.4. The fourth-order valence-corrected chi connectivity index (χ4v) is 1.99. The zero-order valence-corrected chi connectivity index (χ0v) is 11.9. The highest BCUT2D eigenvalue weighted by Crippen LogP contribution is 2.23. The number of aromatic carboxylic acids is 1. The third-order valence-corrected chi connectivity index (χ3v) is 3.20. The standard InChI is InChI=1S/C14H8Cl2FNO3/c15-8-2-3-10(16)9(6-8)13(19)18-12-4-1-7(14(20)21)5-11(12)17/h1-6H,(H,18,19)(H,20,21). The largest absolute Gasteiger partial charge is 0.478 e.